The van der Waals surface area contributed by atoms with E-state index < -0.39 is 41.5 Å². The Hall–Kier alpha value is -2.10. The van der Waals surface area contributed by atoms with Crippen molar-refractivity contribution in [1.82, 2.24) is 4.98 Å². The molecule has 0 saturated heterocycles. The zero-order valence-corrected chi connectivity index (χ0v) is 7.75. The molecule has 0 spiro atoms. The predicted octanol–water partition coefficient (Wildman–Crippen LogP) is 1.66. The molecule has 0 aliphatic heterocycles. The van der Waals surface area contributed by atoms with Gasteiger partial charge in [0.15, 0.2) is 5.82 Å². The van der Waals surface area contributed by atoms with E-state index in [0.29, 0.717) is 6.20 Å². The number of aliphatic carboxylic acids is 1. The van der Waals surface area contributed by atoms with Crippen LogP contribution in [-0.2, 0) is 11.2 Å². The number of nitrogens with zero attached hydrogens (tertiary/aromatic N) is 2. The standard InChI is InChI=1S/C9H5F3N2O2/c10-5-3-14-6(2-13)4(1-7(15)16)8(5)9(11)12/h3,9H,1H2,(H,15,16). The van der Waals surface area contributed by atoms with E-state index in [0.717, 1.165) is 0 Å². The Bertz CT molecular complexity index is 469. The molecule has 7 heteroatoms. The molecule has 4 nitrogen and oxygen atoms in total. The summed E-state index contributed by atoms with van der Waals surface area (Å²) < 4.78 is 38.0. The summed E-state index contributed by atoms with van der Waals surface area (Å²) in [6, 6.07) is 1.45. The highest BCUT2D eigenvalue weighted by atomic mass is 19.3. The maximum atomic E-state index is 13.0. The van der Waals surface area contributed by atoms with Crippen LogP contribution in [0.25, 0.3) is 0 Å². The second kappa shape index (κ2) is 4.61. The van der Waals surface area contributed by atoms with Crippen LogP contribution in [0.5, 0.6) is 0 Å². The minimum atomic E-state index is -3.19. The summed E-state index contributed by atoms with van der Waals surface area (Å²) in [6.45, 7) is 0. The van der Waals surface area contributed by atoms with Gasteiger partial charge in [-0.25, -0.2) is 18.2 Å². The highest BCUT2D eigenvalue weighted by Gasteiger charge is 2.23. The molecule has 0 aliphatic carbocycles. The van der Waals surface area contributed by atoms with Crippen molar-refractivity contribution in [3.8, 4) is 6.07 Å². The van der Waals surface area contributed by atoms with Crippen molar-refractivity contribution < 1.29 is 23.1 Å². The molecular weight excluding hydrogens is 225 g/mol. The predicted molar refractivity (Wildman–Crippen MR) is 45.2 cm³/mol. The molecule has 1 aromatic heterocycles. The first-order valence-corrected chi connectivity index (χ1v) is 4.04. The van der Waals surface area contributed by atoms with Crippen LogP contribution in [0, 0.1) is 17.1 Å². The fraction of sp³-hybridized carbons (Fsp3) is 0.222. The summed E-state index contributed by atoms with van der Waals surface area (Å²) in [6.07, 6.45) is -3.58. The topological polar surface area (TPSA) is 74.0 Å². The molecule has 0 aromatic carbocycles. The average molecular weight is 230 g/mol. The fourth-order valence-electron chi connectivity index (χ4n) is 1.20. The quantitative estimate of drug-likeness (QED) is 0.856. The van der Waals surface area contributed by atoms with Crippen LogP contribution in [0.3, 0.4) is 0 Å². The van der Waals surface area contributed by atoms with Crippen molar-refractivity contribution in [2.75, 3.05) is 0 Å². The van der Waals surface area contributed by atoms with Crippen molar-refractivity contribution in [2.24, 2.45) is 0 Å². The first-order chi connectivity index (χ1) is 7.47. The van der Waals surface area contributed by atoms with E-state index in [1.165, 1.54) is 6.07 Å². The summed E-state index contributed by atoms with van der Waals surface area (Å²) in [4.78, 5) is 13.7. The monoisotopic (exact) mass is 230 g/mol. The Morgan fingerprint density at radius 1 is 1.62 bits per heavy atom. The molecule has 84 valence electrons. The normalized spacial score (nSPS) is 10.2. The molecule has 0 bridgehead atoms. The van der Waals surface area contributed by atoms with Gasteiger partial charge in [0, 0.05) is 5.56 Å². The van der Waals surface area contributed by atoms with Gasteiger partial charge < -0.3 is 5.11 Å². The van der Waals surface area contributed by atoms with Crippen molar-refractivity contribution in [3.05, 3.63) is 28.8 Å². The Labute approximate surface area is 88.0 Å². The Kier molecular flexibility index (Phi) is 3.45. The zero-order valence-electron chi connectivity index (χ0n) is 7.75. The third-order valence-electron chi connectivity index (χ3n) is 1.83. The summed E-state index contributed by atoms with van der Waals surface area (Å²) in [7, 11) is 0. The van der Waals surface area contributed by atoms with Gasteiger partial charge in [-0.15, -0.1) is 0 Å². The van der Waals surface area contributed by atoms with Crippen molar-refractivity contribution in [2.45, 2.75) is 12.8 Å². The first-order valence-electron chi connectivity index (χ1n) is 4.04. The van der Waals surface area contributed by atoms with Gasteiger partial charge in [-0.1, -0.05) is 0 Å². The SMILES string of the molecule is N#Cc1ncc(F)c(C(F)F)c1CC(=O)O. The first kappa shape index (κ1) is 12.0. The second-order valence-electron chi connectivity index (χ2n) is 2.83. The van der Waals surface area contributed by atoms with Gasteiger partial charge in [-0.2, -0.15) is 5.26 Å². The van der Waals surface area contributed by atoms with Gasteiger partial charge in [-0.05, 0) is 0 Å². The molecule has 1 rings (SSSR count). The van der Waals surface area contributed by atoms with E-state index in [-0.39, 0.29) is 0 Å². The molecule has 16 heavy (non-hydrogen) atoms. The number of carboxylic acid groups (broad SMARTS) is 1. The van der Waals surface area contributed by atoms with E-state index in [1.54, 1.807) is 0 Å². The van der Waals surface area contributed by atoms with E-state index >= 15 is 0 Å². The number of aromatic nitrogens is 1. The fourth-order valence-corrected chi connectivity index (χ4v) is 1.20. The molecule has 0 aliphatic rings. The molecule has 0 radical (unpaired) electrons. The summed E-state index contributed by atoms with van der Waals surface area (Å²) in [5.41, 5.74) is -2.15. The van der Waals surface area contributed by atoms with Crippen LogP contribution >= 0.6 is 0 Å². The van der Waals surface area contributed by atoms with Crippen LogP contribution < -0.4 is 0 Å². The van der Waals surface area contributed by atoms with E-state index in [2.05, 4.69) is 4.98 Å². The number of halogens is 3. The third kappa shape index (κ3) is 2.28. The lowest BCUT2D eigenvalue weighted by molar-refractivity contribution is -0.136. The Morgan fingerprint density at radius 3 is 2.69 bits per heavy atom. The largest absolute Gasteiger partial charge is 0.481 e. The highest BCUT2D eigenvalue weighted by molar-refractivity contribution is 5.71. The maximum Gasteiger partial charge on any atom is 0.307 e. The lowest BCUT2D eigenvalue weighted by Gasteiger charge is -2.08. The number of carboxylic acids is 1. The number of nitriles is 1. The summed E-state index contributed by atoms with van der Waals surface area (Å²) >= 11 is 0. The Morgan fingerprint density at radius 2 is 2.25 bits per heavy atom. The molecule has 0 amide bonds. The number of alkyl halides is 2. The molecule has 0 saturated carbocycles. The van der Waals surface area contributed by atoms with Crippen LogP contribution in [0.1, 0.15) is 23.2 Å². The lowest BCUT2D eigenvalue weighted by atomic mass is 10.0. The minimum absolute atomic E-state index is 0.478. The molecule has 0 atom stereocenters. The summed E-state index contributed by atoms with van der Waals surface area (Å²) in [5.74, 6) is -2.75. The smallest absolute Gasteiger partial charge is 0.307 e. The van der Waals surface area contributed by atoms with Gasteiger partial charge in [0.1, 0.15) is 11.8 Å². The van der Waals surface area contributed by atoms with E-state index in [4.69, 9.17) is 10.4 Å². The summed E-state index contributed by atoms with van der Waals surface area (Å²) in [5, 5.41) is 17.0. The van der Waals surface area contributed by atoms with E-state index in [1.807, 2.05) is 0 Å². The number of pyridine rings is 1. The van der Waals surface area contributed by atoms with E-state index in [9.17, 15) is 18.0 Å². The van der Waals surface area contributed by atoms with Gasteiger partial charge in [0.25, 0.3) is 6.43 Å². The molecular formula is C9H5F3N2O2. The second-order valence-corrected chi connectivity index (χ2v) is 2.83. The van der Waals surface area contributed by atoms with Gasteiger partial charge in [0.2, 0.25) is 0 Å². The molecule has 1 N–H and O–H groups in total. The van der Waals surface area contributed by atoms with Crippen molar-refractivity contribution in [1.29, 1.82) is 5.26 Å². The molecule has 1 heterocycles. The van der Waals surface area contributed by atoms with Gasteiger partial charge in [-0.3, -0.25) is 4.79 Å². The number of hydrogen-bond donors (Lipinski definition) is 1. The number of carbonyl (C=O) groups is 1. The van der Waals surface area contributed by atoms with Gasteiger partial charge >= 0.3 is 5.97 Å². The van der Waals surface area contributed by atoms with Gasteiger partial charge in [0.05, 0.1) is 18.2 Å². The Balaban J connectivity index is 3.43. The average Bonchev–Trinajstić information content (AvgIpc) is 2.16. The molecule has 0 fully saturated rings. The van der Waals surface area contributed by atoms with Crippen molar-refractivity contribution >= 4 is 5.97 Å². The minimum Gasteiger partial charge on any atom is -0.481 e. The zero-order chi connectivity index (χ0) is 12.3. The van der Waals surface area contributed by atoms with Crippen molar-refractivity contribution in [3.63, 3.8) is 0 Å². The highest BCUT2D eigenvalue weighted by Crippen LogP contribution is 2.27. The number of hydrogen-bond acceptors (Lipinski definition) is 3. The van der Waals surface area contributed by atoms with Crippen LogP contribution in [0.4, 0.5) is 13.2 Å². The maximum absolute atomic E-state index is 13.0. The third-order valence-corrected chi connectivity index (χ3v) is 1.83. The lowest BCUT2D eigenvalue weighted by Crippen LogP contribution is -2.10. The number of rotatable bonds is 3. The van der Waals surface area contributed by atoms with Crippen LogP contribution in [0.2, 0.25) is 0 Å². The molecule has 0 unspecified atom stereocenters. The molecule has 1 aromatic rings. The van der Waals surface area contributed by atoms with Crippen LogP contribution in [0.15, 0.2) is 6.20 Å². The van der Waals surface area contributed by atoms with Crippen LogP contribution in [-0.4, -0.2) is 16.1 Å².